The Morgan fingerprint density at radius 2 is 2.13 bits per heavy atom. The van der Waals surface area contributed by atoms with Gasteiger partial charge in [-0.1, -0.05) is 6.07 Å². The van der Waals surface area contributed by atoms with Gasteiger partial charge < -0.3 is 10.2 Å². The number of amides is 1. The summed E-state index contributed by atoms with van der Waals surface area (Å²) in [6.45, 7) is 0.598. The van der Waals surface area contributed by atoms with Gasteiger partial charge in [0, 0.05) is 50.9 Å². The maximum absolute atomic E-state index is 11.7. The van der Waals surface area contributed by atoms with E-state index in [2.05, 4.69) is 20.3 Å². The Bertz CT molecular complexity index is 683. The standard InChI is InChI=1S/C17H21N5O/c1-22(2)15-11-13(8-10-19-17(23)12-6-7-12)20-16(21-15)14-5-3-4-9-18-14/h3-5,9,11-12H,6-8,10H2,1-2H3,(H,19,23). The zero-order chi connectivity index (χ0) is 16.2. The van der Waals surface area contributed by atoms with Crippen LogP contribution in [0.2, 0.25) is 0 Å². The molecule has 2 heterocycles. The highest BCUT2D eigenvalue weighted by atomic mass is 16.2. The summed E-state index contributed by atoms with van der Waals surface area (Å²) in [4.78, 5) is 27.1. The third-order valence-corrected chi connectivity index (χ3v) is 3.75. The first kappa shape index (κ1) is 15.4. The van der Waals surface area contributed by atoms with Crippen LogP contribution >= 0.6 is 0 Å². The molecule has 120 valence electrons. The Balaban J connectivity index is 1.75. The zero-order valence-corrected chi connectivity index (χ0v) is 13.5. The van der Waals surface area contributed by atoms with Crippen LogP contribution < -0.4 is 10.2 Å². The first-order valence-corrected chi connectivity index (χ1v) is 7.88. The van der Waals surface area contributed by atoms with E-state index >= 15 is 0 Å². The molecule has 0 unspecified atom stereocenters. The molecule has 0 atom stereocenters. The van der Waals surface area contributed by atoms with Crippen LogP contribution in [0.5, 0.6) is 0 Å². The average molecular weight is 311 g/mol. The summed E-state index contributed by atoms with van der Waals surface area (Å²) in [5.74, 6) is 1.85. The number of rotatable bonds is 6. The second-order valence-electron chi connectivity index (χ2n) is 5.97. The van der Waals surface area contributed by atoms with Gasteiger partial charge in [-0.2, -0.15) is 0 Å². The molecule has 6 heteroatoms. The molecule has 1 fully saturated rings. The van der Waals surface area contributed by atoms with E-state index in [0.29, 0.717) is 18.8 Å². The minimum absolute atomic E-state index is 0.164. The lowest BCUT2D eigenvalue weighted by Gasteiger charge is -2.14. The predicted octanol–water partition coefficient (Wildman–Crippen LogP) is 1.67. The van der Waals surface area contributed by atoms with E-state index in [-0.39, 0.29) is 11.8 Å². The van der Waals surface area contributed by atoms with Crippen LogP contribution in [0, 0.1) is 5.92 Å². The van der Waals surface area contributed by atoms with E-state index < -0.39 is 0 Å². The number of carbonyl (C=O) groups is 1. The van der Waals surface area contributed by atoms with Crippen molar-refractivity contribution < 1.29 is 4.79 Å². The number of nitrogens with one attached hydrogen (secondary N) is 1. The highest BCUT2D eigenvalue weighted by Gasteiger charge is 2.29. The molecule has 0 aliphatic heterocycles. The Morgan fingerprint density at radius 1 is 1.30 bits per heavy atom. The van der Waals surface area contributed by atoms with Crippen LogP contribution in [0.1, 0.15) is 18.5 Å². The topological polar surface area (TPSA) is 71.0 Å². The van der Waals surface area contributed by atoms with E-state index in [4.69, 9.17) is 0 Å². The maximum atomic E-state index is 11.7. The van der Waals surface area contributed by atoms with Crippen molar-refractivity contribution in [2.24, 2.45) is 5.92 Å². The molecule has 0 aromatic carbocycles. The number of aromatic nitrogens is 3. The van der Waals surface area contributed by atoms with E-state index in [1.807, 2.05) is 43.3 Å². The van der Waals surface area contributed by atoms with Gasteiger partial charge in [0.15, 0.2) is 5.82 Å². The molecule has 1 saturated carbocycles. The summed E-state index contributed by atoms with van der Waals surface area (Å²) >= 11 is 0. The van der Waals surface area contributed by atoms with Gasteiger partial charge in [0.05, 0.1) is 0 Å². The maximum Gasteiger partial charge on any atom is 0.223 e. The quantitative estimate of drug-likeness (QED) is 0.879. The Labute approximate surface area is 136 Å². The fraction of sp³-hybridized carbons (Fsp3) is 0.412. The highest BCUT2D eigenvalue weighted by Crippen LogP contribution is 2.28. The Kier molecular flexibility index (Phi) is 4.50. The molecule has 0 radical (unpaired) electrons. The lowest BCUT2D eigenvalue weighted by Crippen LogP contribution is -2.27. The van der Waals surface area contributed by atoms with Gasteiger partial charge in [0.1, 0.15) is 11.5 Å². The number of hydrogen-bond donors (Lipinski definition) is 1. The van der Waals surface area contributed by atoms with E-state index in [1.165, 1.54) is 0 Å². The van der Waals surface area contributed by atoms with Gasteiger partial charge in [-0.25, -0.2) is 9.97 Å². The first-order chi connectivity index (χ1) is 11.1. The molecule has 23 heavy (non-hydrogen) atoms. The van der Waals surface area contributed by atoms with Gasteiger partial charge >= 0.3 is 0 Å². The van der Waals surface area contributed by atoms with Crippen molar-refractivity contribution in [1.82, 2.24) is 20.3 Å². The van der Waals surface area contributed by atoms with E-state index in [0.717, 1.165) is 30.0 Å². The molecule has 2 aromatic rings. The number of pyridine rings is 1. The summed E-state index contributed by atoms with van der Waals surface area (Å²) in [7, 11) is 3.90. The molecular formula is C17H21N5O. The van der Waals surface area contributed by atoms with Crippen molar-refractivity contribution in [2.75, 3.05) is 25.5 Å². The highest BCUT2D eigenvalue weighted by molar-refractivity contribution is 5.80. The predicted molar refractivity (Wildman–Crippen MR) is 89.0 cm³/mol. The molecule has 3 rings (SSSR count). The summed E-state index contributed by atoms with van der Waals surface area (Å²) in [5, 5.41) is 2.97. The smallest absolute Gasteiger partial charge is 0.223 e. The van der Waals surface area contributed by atoms with Crippen LogP contribution in [0.3, 0.4) is 0 Å². The number of anilines is 1. The fourth-order valence-corrected chi connectivity index (χ4v) is 2.25. The molecule has 1 aliphatic carbocycles. The van der Waals surface area contributed by atoms with Crippen LogP contribution in [-0.2, 0) is 11.2 Å². The minimum atomic E-state index is 0.164. The van der Waals surface area contributed by atoms with E-state index in [9.17, 15) is 4.79 Å². The second kappa shape index (κ2) is 6.73. The van der Waals surface area contributed by atoms with Crippen molar-refractivity contribution in [3.63, 3.8) is 0 Å². The number of hydrogen-bond acceptors (Lipinski definition) is 5. The van der Waals surface area contributed by atoms with Crippen LogP contribution in [0.15, 0.2) is 30.5 Å². The SMILES string of the molecule is CN(C)c1cc(CCNC(=O)C2CC2)nc(-c2ccccn2)n1. The molecule has 1 amide bonds. The molecule has 0 bridgehead atoms. The third kappa shape index (κ3) is 4.03. The van der Waals surface area contributed by atoms with Crippen molar-refractivity contribution in [3.8, 4) is 11.5 Å². The van der Waals surface area contributed by atoms with Crippen LogP contribution in [0.4, 0.5) is 5.82 Å². The van der Waals surface area contributed by atoms with Gasteiger partial charge in [-0.15, -0.1) is 0 Å². The van der Waals surface area contributed by atoms with Crippen LogP contribution in [0.25, 0.3) is 11.5 Å². The zero-order valence-electron chi connectivity index (χ0n) is 13.5. The molecule has 1 aliphatic rings. The summed E-state index contributed by atoms with van der Waals surface area (Å²) < 4.78 is 0. The number of carbonyl (C=O) groups excluding carboxylic acids is 1. The third-order valence-electron chi connectivity index (χ3n) is 3.75. The van der Waals surface area contributed by atoms with Gasteiger partial charge in [-0.05, 0) is 25.0 Å². The molecule has 1 N–H and O–H groups in total. The summed E-state index contributed by atoms with van der Waals surface area (Å²) in [5.41, 5.74) is 1.65. The lowest BCUT2D eigenvalue weighted by molar-refractivity contribution is -0.122. The first-order valence-electron chi connectivity index (χ1n) is 7.88. The minimum Gasteiger partial charge on any atom is -0.363 e. The lowest BCUT2D eigenvalue weighted by atomic mass is 10.2. The Morgan fingerprint density at radius 3 is 2.78 bits per heavy atom. The summed E-state index contributed by atoms with van der Waals surface area (Å²) in [6.07, 6.45) is 4.46. The fourth-order valence-electron chi connectivity index (χ4n) is 2.25. The van der Waals surface area contributed by atoms with Crippen molar-refractivity contribution in [1.29, 1.82) is 0 Å². The Hall–Kier alpha value is -2.50. The van der Waals surface area contributed by atoms with Crippen molar-refractivity contribution in [3.05, 3.63) is 36.2 Å². The molecule has 2 aromatic heterocycles. The van der Waals surface area contributed by atoms with Crippen molar-refractivity contribution >= 4 is 11.7 Å². The monoisotopic (exact) mass is 311 g/mol. The van der Waals surface area contributed by atoms with Gasteiger partial charge in [-0.3, -0.25) is 9.78 Å². The van der Waals surface area contributed by atoms with E-state index in [1.54, 1.807) is 6.20 Å². The number of nitrogens with zero attached hydrogens (tertiary/aromatic N) is 4. The summed E-state index contributed by atoms with van der Waals surface area (Å²) in [6, 6.07) is 7.64. The van der Waals surface area contributed by atoms with Crippen LogP contribution in [-0.4, -0.2) is 41.5 Å². The molecule has 6 nitrogen and oxygen atoms in total. The van der Waals surface area contributed by atoms with Gasteiger partial charge in [0.2, 0.25) is 5.91 Å². The second-order valence-corrected chi connectivity index (χ2v) is 5.97. The van der Waals surface area contributed by atoms with Gasteiger partial charge in [0.25, 0.3) is 0 Å². The largest absolute Gasteiger partial charge is 0.363 e. The normalized spacial score (nSPS) is 13.7. The average Bonchev–Trinajstić information content (AvgIpc) is 3.40. The molecule has 0 spiro atoms. The van der Waals surface area contributed by atoms with Crippen molar-refractivity contribution in [2.45, 2.75) is 19.3 Å². The molecule has 0 saturated heterocycles. The molecular weight excluding hydrogens is 290 g/mol.